The Morgan fingerprint density at radius 3 is 2.76 bits per heavy atom. The van der Waals surface area contributed by atoms with E-state index in [0.29, 0.717) is 17.2 Å². The van der Waals surface area contributed by atoms with Gasteiger partial charge in [-0.2, -0.15) is 0 Å². The number of nitrogens with one attached hydrogen (secondary N) is 1. The fourth-order valence-corrected chi connectivity index (χ4v) is 1.60. The van der Waals surface area contributed by atoms with E-state index < -0.39 is 0 Å². The average Bonchev–Trinajstić information content (AvgIpc) is 2.74. The molecule has 5 heteroatoms. The number of hydrogen-bond donors (Lipinski definition) is 1. The molecule has 0 spiro atoms. The van der Waals surface area contributed by atoms with Gasteiger partial charge in [0.2, 0.25) is 12.7 Å². The molecular formula is C12H14BrNO3. The van der Waals surface area contributed by atoms with Crippen LogP contribution in [-0.4, -0.2) is 17.5 Å². The quantitative estimate of drug-likeness (QED) is 0.873. The van der Waals surface area contributed by atoms with E-state index in [9.17, 15) is 4.79 Å². The smallest absolute Gasteiger partial charge is 0.238 e. The minimum atomic E-state index is -0.201. The van der Waals surface area contributed by atoms with Gasteiger partial charge in [-0.25, -0.2) is 0 Å². The first-order valence-electron chi connectivity index (χ1n) is 5.42. The van der Waals surface area contributed by atoms with Gasteiger partial charge in [0, 0.05) is 11.8 Å². The van der Waals surface area contributed by atoms with Gasteiger partial charge in [-0.1, -0.05) is 29.8 Å². The van der Waals surface area contributed by atoms with Crippen molar-refractivity contribution in [3.63, 3.8) is 0 Å². The second-order valence-electron chi connectivity index (χ2n) is 4.20. The third-order valence-corrected chi connectivity index (χ3v) is 3.95. The topological polar surface area (TPSA) is 47.6 Å². The van der Waals surface area contributed by atoms with Gasteiger partial charge in [0.05, 0.1) is 4.83 Å². The first-order valence-corrected chi connectivity index (χ1v) is 6.34. The van der Waals surface area contributed by atoms with Crippen LogP contribution >= 0.6 is 15.9 Å². The number of hydrogen-bond acceptors (Lipinski definition) is 3. The lowest BCUT2D eigenvalue weighted by Gasteiger charge is -2.13. The van der Waals surface area contributed by atoms with Crippen LogP contribution in [0.4, 0.5) is 5.69 Å². The Morgan fingerprint density at radius 2 is 2.06 bits per heavy atom. The Bertz CT molecular complexity index is 434. The summed E-state index contributed by atoms with van der Waals surface area (Å²) in [5, 5.41) is 2.83. The summed E-state index contributed by atoms with van der Waals surface area (Å²) in [5.74, 6) is 1.56. The summed E-state index contributed by atoms with van der Waals surface area (Å²) in [6, 6.07) is 5.35. The van der Waals surface area contributed by atoms with Gasteiger partial charge in [0.1, 0.15) is 0 Å². The highest BCUT2D eigenvalue weighted by Crippen LogP contribution is 2.34. The second kappa shape index (κ2) is 4.96. The van der Waals surface area contributed by atoms with Crippen molar-refractivity contribution in [1.29, 1.82) is 0 Å². The van der Waals surface area contributed by atoms with Crippen molar-refractivity contribution in [2.24, 2.45) is 5.92 Å². The zero-order chi connectivity index (χ0) is 12.4. The molecule has 0 fully saturated rings. The second-order valence-corrected chi connectivity index (χ2v) is 5.19. The van der Waals surface area contributed by atoms with Crippen LogP contribution in [-0.2, 0) is 4.79 Å². The van der Waals surface area contributed by atoms with E-state index in [1.54, 1.807) is 18.2 Å². The van der Waals surface area contributed by atoms with Gasteiger partial charge in [-0.05, 0) is 18.1 Å². The van der Waals surface area contributed by atoms with Crippen LogP contribution in [0.25, 0.3) is 0 Å². The number of halogens is 1. The summed E-state index contributed by atoms with van der Waals surface area (Å²) >= 11 is 3.36. The van der Waals surface area contributed by atoms with Crippen molar-refractivity contribution < 1.29 is 14.3 Å². The van der Waals surface area contributed by atoms with Crippen LogP contribution in [0, 0.1) is 5.92 Å². The standard InChI is InChI=1S/C12H14BrNO3/c1-7(2)11(13)12(15)14-8-3-4-9-10(5-8)17-6-16-9/h3-5,7,11H,6H2,1-2H3,(H,14,15). The number of carbonyl (C=O) groups is 1. The third-order valence-electron chi connectivity index (χ3n) is 2.48. The molecule has 0 radical (unpaired) electrons. The molecule has 1 aromatic rings. The molecule has 1 aliphatic heterocycles. The molecule has 0 aliphatic carbocycles. The van der Waals surface area contributed by atoms with Gasteiger partial charge >= 0.3 is 0 Å². The first kappa shape index (κ1) is 12.2. The van der Waals surface area contributed by atoms with E-state index in [1.807, 2.05) is 13.8 Å². The molecule has 1 N–H and O–H groups in total. The molecule has 1 aromatic carbocycles. The highest BCUT2D eigenvalue weighted by molar-refractivity contribution is 9.10. The van der Waals surface area contributed by atoms with Crippen LogP contribution < -0.4 is 14.8 Å². The molecule has 0 saturated carbocycles. The van der Waals surface area contributed by atoms with Gasteiger partial charge in [0.25, 0.3) is 0 Å². The average molecular weight is 300 g/mol. The summed E-state index contributed by atoms with van der Waals surface area (Å²) in [4.78, 5) is 11.6. The van der Waals surface area contributed by atoms with Crippen LogP contribution in [0.2, 0.25) is 0 Å². The summed E-state index contributed by atoms with van der Waals surface area (Å²) in [7, 11) is 0. The van der Waals surface area contributed by atoms with Crippen molar-refractivity contribution in [2.75, 3.05) is 12.1 Å². The van der Waals surface area contributed by atoms with Gasteiger partial charge in [-0.15, -0.1) is 0 Å². The maximum absolute atomic E-state index is 11.8. The van der Waals surface area contributed by atoms with Crippen molar-refractivity contribution in [1.82, 2.24) is 0 Å². The minimum absolute atomic E-state index is 0.0566. The van der Waals surface area contributed by atoms with Crippen LogP contribution in [0.5, 0.6) is 11.5 Å². The molecular weight excluding hydrogens is 286 g/mol. The van der Waals surface area contributed by atoms with Crippen molar-refractivity contribution in [3.05, 3.63) is 18.2 Å². The fourth-order valence-electron chi connectivity index (χ4n) is 1.49. The van der Waals surface area contributed by atoms with Crippen molar-refractivity contribution >= 4 is 27.5 Å². The first-order chi connectivity index (χ1) is 8.08. The summed E-state index contributed by atoms with van der Waals surface area (Å²) in [6.45, 7) is 4.21. The molecule has 1 amide bonds. The predicted octanol–water partition coefficient (Wildman–Crippen LogP) is 2.77. The number of fused-ring (bicyclic) bond motifs is 1. The molecule has 4 nitrogen and oxygen atoms in total. The Morgan fingerprint density at radius 1 is 1.35 bits per heavy atom. The van der Waals surface area contributed by atoms with Crippen LogP contribution in [0.3, 0.4) is 0 Å². The molecule has 0 saturated heterocycles. The molecule has 0 aromatic heterocycles. The number of carbonyl (C=O) groups excluding carboxylic acids is 1. The zero-order valence-electron chi connectivity index (χ0n) is 9.70. The number of anilines is 1. The number of amides is 1. The molecule has 17 heavy (non-hydrogen) atoms. The maximum Gasteiger partial charge on any atom is 0.238 e. The Labute approximate surface area is 108 Å². The summed E-state index contributed by atoms with van der Waals surface area (Å²) in [6.07, 6.45) is 0. The molecule has 1 aliphatic rings. The molecule has 1 unspecified atom stereocenters. The monoisotopic (exact) mass is 299 g/mol. The fraction of sp³-hybridized carbons (Fsp3) is 0.417. The molecule has 1 heterocycles. The lowest BCUT2D eigenvalue weighted by atomic mass is 10.1. The lowest BCUT2D eigenvalue weighted by Crippen LogP contribution is -2.26. The number of ether oxygens (including phenoxy) is 2. The van der Waals surface area contributed by atoms with Gasteiger partial charge in [-0.3, -0.25) is 4.79 Å². The van der Waals surface area contributed by atoms with Crippen molar-refractivity contribution in [2.45, 2.75) is 18.7 Å². The molecule has 2 rings (SSSR count). The molecule has 0 bridgehead atoms. The SMILES string of the molecule is CC(C)C(Br)C(=O)Nc1ccc2c(c1)OCO2. The molecule has 1 atom stereocenters. The minimum Gasteiger partial charge on any atom is -0.454 e. The van der Waals surface area contributed by atoms with Crippen LogP contribution in [0.15, 0.2) is 18.2 Å². The van der Waals surface area contributed by atoms with E-state index in [2.05, 4.69) is 21.2 Å². The lowest BCUT2D eigenvalue weighted by molar-refractivity contribution is -0.116. The Hall–Kier alpha value is -1.23. The Kier molecular flexibility index (Phi) is 3.57. The highest BCUT2D eigenvalue weighted by Gasteiger charge is 2.20. The Balaban J connectivity index is 2.07. The van der Waals surface area contributed by atoms with E-state index in [4.69, 9.17) is 9.47 Å². The summed E-state index contributed by atoms with van der Waals surface area (Å²) in [5.41, 5.74) is 0.712. The van der Waals surface area contributed by atoms with Gasteiger partial charge < -0.3 is 14.8 Å². The normalized spacial score (nSPS) is 14.8. The van der Waals surface area contributed by atoms with Gasteiger partial charge in [0.15, 0.2) is 11.5 Å². The largest absolute Gasteiger partial charge is 0.454 e. The number of benzene rings is 1. The van der Waals surface area contributed by atoms with E-state index in [0.717, 1.165) is 0 Å². The predicted molar refractivity (Wildman–Crippen MR) is 68.7 cm³/mol. The third kappa shape index (κ3) is 2.72. The van der Waals surface area contributed by atoms with E-state index in [1.165, 1.54) is 0 Å². The number of rotatable bonds is 3. The van der Waals surface area contributed by atoms with E-state index >= 15 is 0 Å². The van der Waals surface area contributed by atoms with E-state index in [-0.39, 0.29) is 23.4 Å². The summed E-state index contributed by atoms with van der Waals surface area (Å²) < 4.78 is 10.4. The highest BCUT2D eigenvalue weighted by atomic mass is 79.9. The zero-order valence-corrected chi connectivity index (χ0v) is 11.3. The molecule has 92 valence electrons. The number of alkyl halides is 1. The van der Waals surface area contributed by atoms with Crippen molar-refractivity contribution in [3.8, 4) is 11.5 Å². The maximum atomic E-state index is 11.8. The van der Waals surface area contributed by atoms with Crippen LogP contribution in [0.1, 0.15) is 13.8 Å².